The van der Waals surface area contributed by atoms with Crippen LogP contribution in [0.15, 0.2) is 53.1 Å². The predicted octanol–water partition coefficient (Wildman–Crippen LogP) is 4.05. The average molecular weight is 464 g/mol. The van der Waals surface area contributed by atoms with E-state index in [0.717, 1.165) is 17.7 Å². The first-order valence-electron chi connectivity index (χ1n) is 11.6. The molecule has 8 nitrogen and oxygen atoms in total. The van der Waals surface area contributed by atoms with Crippen molar-refractivity contribution >= 4 is 11.8 Å². The van der Waals surface area contributed by atoms with E-state index < -0.39 is 5.54 Å². The number of hydrogen-bond acceptors (Lipinski definition) is 5. The minimum absolute atomic E-state index is 0.174. The van der Waals surface area contributed by atoms with Crippen LogP contribution in [0.5, 0.6) is 11.5 Å². The SMILES string of the molecule is CC(C)CCNC(=O)C1(C)Cn2c(ccc2-c2ccco2)C(=O)N1Cc1ccc2c(c1)OCO2. The van der Waals surface area contributed by atoms with Crippen LogP contribution in [0, 0.1) is 5.92 Å². The van der Waals surface area contributed by atoms with Gasteiger partial charge < -0.3 is 28.7 Å². The quantitative estimate of drug-likeness (QED) is 0.571. The van der Waals surface area contributed by atoms with Gasteiger partial charge in [0.1, 0.15) is 17.0 Å². The van der Waals surface area contributed by atoms with Gasteiger partial charge in [-0.2, -0.15) is 0 Å². The normalized spacial score (nSPS) is 18.9. The summed E-state index contributed by atoms with van der Waals surface area (Å²) in [5, 5.41) is 3.07. The summed E-state index contributed by atoms with van der Waals surface area (Å²) >= 11 is 0. The molecule has 4 heterocycles. The molecule has 2 aliphatic rings. The van der Waals surface area contributed by atoms with E-state index in [0.29, 0.717) is 42.0 Å². The number of nitrogens with one attached hydrogen (secondary N) is 1. The Morgan fingerprint density at radius 1 is 1.12 bits per heavy atom. The fourth-order valence-electron chi connectivity index (χ4n) is 4.55. The molecule has 2 amide bonds. The lowest BCUT2D eigenvalue weighted by Gasteiger charge is -2.44. The van der Waals surface area contributed by atoms with Crippen molar-refractivity contribution in [1.82, 2.24) is 14.8 Å². The van der Waals surface area contributed by atoms with Crippen molar-refractivity contribution < 1.29 is 23.5 Å². The summed E-state index contributed by atoms with van der Waals surface area (Å²) in [6.45, 7) is 7.39. The fraction of sp³-hybridized carbons (Fsp3) is 0.385. The zero-order chi connectivity index (χ0) is 23.9. The number of ether oxygens (including phenoxy) is 2. The molecule has 2 aliphatic heterocycles. The number of hydrogen-bond donors (Lipinski definition) is 1. The highest BCUT2D eigenvalue weighted by Gasteiger charge is 2.47. The number of benzene rings is 1. The van der Waals surface area contributed by atoms with Crippen LogP contribution < -0.4 is 14.8 Å². The molecule has 0 radical (unpaired) electrons. The molecule has 0 fully saturated rings. The van der Waals surface area contributed by atoms with Crippen LogP contribution in [0.2, 0.25) is 0 Å². The Morgan fingerprint density at radius 2 is 1.91 bits per heavy atom. The Balaban J connectivity index is 1.51. The van der Waals surface area contributed by atoms with E-state index in [1.54, 1.807) is 17.2 Å². The highest BCUT2D eigenvalue weighted by molar-refractivity contribution is 6.00. The van der Waals surface area contributed by atoms with E-state index in [-0.39, 0.29) is 25.2 Å². The molecule has 0 aliphatic carbocycles. The monoisotopic (exact) mass is 463 g/mol. The van der Waals surface area contributed by atoms with Gasteiger partial charge >= 0.3 is 0 Å². The first kappa shape index (κ1) is 22.1. The van der Waals surface area contributed by atoms with Crippen molar-refractivity contribution in [3.05, 3.63) is 60.0 Å². The van der Waals surface area contributed by atoms with Crippen LogP contribution >= 0.6 is 0 Å². The van der Waals surface area contributed by atoms with E-state index in [1.165, 1.54) is 0 Å². The van der Waals surface area contributed by atoms with E-state index in [2.05, 4.69) is 19.2 Å². The van der Waals surface area contributed by atoms with Crippen molar-refractivity contribution in [3.63, 3.8) is 0 Å². The fourth-order valence-corrected chi connectivity index (χ4v) is 4.55. The molecular weight excluding hydrogens is 434 g/mol. The van der Waals surface area contributed by atoms with Gasteiger partial charge in [0.25, 0.3) is 5.91 Å². The van der Waals surface area contributed by atoms with E-state index >= 15 is 0 Å². The van der Waals surface area contributed by atoms with Gasteiger partial charge in [-0.05, 0) is 61.2 Å². The van der Waals surface area contributed by atoms with Crippen molar-refractivity contribution in [1.29, 1.82) is 0 Å². The number of carbonyl (C=O) groups excluding carboxylic acids is 2. The van der Waals surface area contributed by atoms with E-state index in [9.17, 15) is 9.59 Å². The number of aromatic nitrogens is 1. The number of amides is 2. The van der Waals surface area contributed by atoms with Crippen molar-refractivity contribution in [3.8, 4) is 23.0 Å². The van der Waals surface area contributed by atoms with Gasteiger partial charge in [-0.1, -0.05) is 19.9 Å². The van der Waals surface area contributed by atoms with Gasteiger partial charge in [-0.3, -0.25) is 9.59 Å². The third kappa shape index (κ3) is 3.83. The molecule has 0 saturated carbocycles. The molecule has 178 valence electrons. The Morgan fingerprint density at radius 3 is 2.68 bits per heavy atom. The summed E-state index contributed by atoms with van der Waals surface area (Å²) < 4.78 is 18.4. The highest BCUT2D eigenvalue weighted by Crippen LogP contribution is 2.37. The van der Waals surface area contributed by atoms with Gasteiger partial charge in [0.2, 0.25) is 12.7 Å². The second-order valence-corrected chi connectivity index (χ2v) is 9.46. The minimum atomic E-state index is -1.10. The Kier molecular flexibility index (Phi) is 5.59. The largest absolute Gasteiger partial charge is 0.463 e. The molecule has 1 atom stereocenters. The maximum absolute atomic E-state index is 13.8. The Bertz CT molecular complexity index is 1210. The van der Waals surface area contributed by atoms with Crippen LogP contribution in [0.25, 0.3) is 11.5 Å². The second-order valence-electron chi connectivity index (χ2n) is 9.46. The molecule has 1 unspecified atom stereocenters. The second kappa shape index (κ2) is 8.59. The number of carbonyl (C=O) groups is 2. The predicted molar refractivity (Wildman–Crippen MR) is 125 cm³/mol. The summed E-state index contributed by atoms with van der Waals surface area (Å²) in [6.07, 6.45) is 2.47. The number of fused-ring (bicyclic) bond motifs is 2. The van der Waals surface area contributed by atoms with Crippen LogP contribution in [-0.2, 0) is 17.9 Å². The summed E-state index contributed by atoms with van der Waals surface area (Å²) in [5.74, 6) is 2.07. The minimum Gasteiger partial charge on any atom is -0.463 e. The lowest BCUT2D eigenvalue weighted by Crippen LogP contribution is -2.63. The van der Waals surface area contributed by atoms with Gasteiger partial charge in [0, 0.05) is 13.1 Å². The van der Waals surface area contributed by atoms with Gasteiger partial charge in [-0.25, -0.2) is 0 Å². The highest BCUT2D eigenvalue weighted by atomic mass is 16.7. The van der Waals surface area contributed by atoms with Crippen molar-refractivity contribution in [2.45, 2.75) is 45.8 Å². The topological polar surface area (TPSA) is 85.9 Å². The average Bonchev–Trinajstić information content (AvgIpc) is 3.56. The molecule has 0 spiro atoms. The van der Waals surface area contributed by atoms with Gasteiger partial charge in [-0.15, -0.1) is 0 Å². The van der Waals surface area contributed by atoms with Crippen LogP contribution in [0.4, 0.5) is 0 Å². The number of rotatable bonds is 7. The standard InChI is InChI=1S/C26H29N3O5/c1-17(2)10-11-27-25(31)26(3)15-28-19(21-5-4-12-32-21)7-8-20(28)24(30)29(26)14-18-6-9-22-23(13-18)34-16-33-22/h4-9,12-13,17H,10-11,14-16H2,1-3H3,(H,27,31). The van der Waals surface area contributed by atoms with Crippen LogP contribution in [0.1, 0.15) is 43.2 Å². The smallest absolute Gasteiger partial charge is 0.271 e. The lowest BCUT2D eigenvalue weighted by atomic mass is 9.93. The molecule has 3 aromatic rings. The molecular formula is C26H29N3O5. The van der Waals surface area contributed by atoms with Crippen molar-refractivity contribution in [2.24, 2.45) is 5.92 Å². The molecule has 5 rings (SSSR count). The molecule has 2 aromatic heterocycles. The van der Waals surface area contributed by atoms with E-state index in [1.807, 2.05) is 47.9 Å². The molecule has 34 heavy (non-hydrogen) atoms. The summed E-state index contributed by atoms with van der Waals surface area (Å²) in [5.41, 5.74) is 1.07. The molecule has 0 bridgehead atoms. The summed E-state index contributed by atoms with van der Waals surface area (Å²) in [4.78, 5) is 29.0. The first-order valence-corrected chi connectivity index (χ1v) is 11.6. The van der Waals surface area contributed by atoms with Crippen LogP contribution in [0.3, 0.4) is 0 Å². The maximum Gasteiger partial charge on any atom is 0.271 e. The summed E-state index contributed by atoms with van der Waals surface area (Å²) in [7, 11) is 0. The van der Waals surface area contributed by atoms with E-state index in [4.69, 9.17) is 13.9 Å². The number of furan rings is 1. The molecule has 1 aromatic carbocycles. The molecule has 1 N–H and O–H groups in total. The number of nitrogens with zero attached hydrogens (tertiary/aromatic N) is 2. The lowest BCUT2D eigenvalue weighted by molar-refractivity contribution is -0.133. The third-order valence-electron chi connectivity index (χ3n) is 6.55. The van der Waals surface area contributed by atoms with Gasteiger partial charge in [0.15, 0.2) is 11.5 Å². The third-order valence-corrected chi connectivity index (χ3v) is 6.55. The first-order chi connectivity index (χ1) is 16.4. The Labute approximate surface area is 198 Å². The molecule has 8 heteroatoms. The summed E-state index contributed by atoms with van der Waals surface area (Å²) in [6, 6.07) is 12.9. The zero-order valence-electron chi connectivity index (χ0n) is 19.7. The Hall–Kier alpha value is -3.68. The maximum atomic E-state index is 13.8. The van der Waals surface area contributed by atoms with Crippen LogP contribution in [-0.4, -0.2) is 40.2 Å². The van der Waals surface area contributed by atoms with Crippen molar-refractivity contribution in [2.75, 3.05) is 13.3 Å². The zero-order valence-corrected chi connectivity index (χ0v) is 19.7. The van der Waals surface area contributed by atoms with Gasteiger partial charge in [0.05, 0.1) is 18.5 Å². The molecule has 0 saturated heterocycles.